The van der Waals surface area contributed by atoms with Crippen molar-refractivity contribution in [2.45, 2.75) is 52.7 Å². The molecule has 3 rings (SSSR count). The predicted molar refractivity (Wildman–Crippen MR) is 130 cm³/mol. The molecule has 2 atom stereocenters. The van der Waals surface area contributed by atoms with E-state index in [1.165, 1.54) is 4.90 Å². The van der Waals surface area contributed by atoms with E-state index in [4.69, 9.17) is 4.74 Å². The number of amides is 4. The second-order valence-corrected chi connectivity index (χ2v) is 9.32. The Hall–Kier alpha value is -3.07. The van der Waals surface area contributed by atoms with Gasteiger partial charge in [-0.05, 0) is 40.2 Å². The Morgan fingerprint density at radius 3 is 2.62 bits per heavy atom. The second kappa shape index (κ2) is 10.9. The number of urea groups is 2. The fourth-order valence-corrected chi connectivity index (χ4v) is 4.52. The van der Waals surface area contributed by atoms with Crippen molar-refractivity contribution in [2.75, 3.05) is 39.8 Å². The van der Waals surface area contributed by atoms with Crippen molar-refractivity contribution in [1.82, 2.24) is 25.3 Å². The molecule has 0 bridgehead atoms. The smallest absolute Gasteiger partial charge is 0.338 e. The number of hydrogen-bond donors (Lipinski definition) is 2. The molecule has 9 nitrogen and oxygen atoms in total. The highest BCUT2D eigenvalue weighted by atomic mass is 16.5. The van der Waals surface area contributed by atoms with Crippen LogP contribution in [0.1, 0.15) is 44.9 Å². The average Bonchev–Trinajstić information content (AvgIpc) is 2.76. The Balaban J connectivity index is 1.90. The number of nitrogens with zero attached hydrogens (tertiary/aromatic N) is 3. The molecule has 0 saturated carbocycles. The molecule has 0 spiro atoms. The van der Waals surface area contributed by atoms with Gasteiger partial charge in [-0.15, -0.1) is 0 Å². The van der Waals surface area contributed by atoms with E-state index in [2.05, 4.69) is 15.5 Å². The van der Waals surface area contributed by atoms with Gasteiger partial charge in [-0.3, -0.25) is 9.80 Å². The maximum atomic E-state index is 13.1. The first-order chi connectivity index (χ1) is 16.1. The third kappa shape index (κ3) is 5.70. The van der Waals surface area contributed by atoms with Crippen LogP contribution in [-0.2, 0) is 9.53 Å². The lowest BCUT2D eigenvalue weighted by molar-refractivity contribution is -0.139. The maximum absolute atomic E-state index is 13.1. The van der Waals surface area contributed by atoms with Gasteiger partial charge in [0.15, 0.2) is 0 Å². The summed E-state index contributed by atoms with van der Waals surface area (Å²) in [4.78, 5) is 44.1. The molecular weight excluding hydrogens is 434 g/mol. The van der Waals surface area contributed by atoms with Crippen molar-refractivity contribution in [3.63, 3.8) is 0 Å². The van der Waals surface area contributed by atoms with Gasteiger partial charge in [0.05, 0.1) is 18.2 Å². The van der Waals surface area contributed by atoms with Crippen LogP contribution in [0.2, 0.25) is 0 Å². The number of likely N-dealkylation sites (N-methyl/N-ethyl adjacent to an activating group) is 1. The highest BCUT2D eigenvalue weighted by molar-refractivity contribution is 5.95. The number of ether oxygens (including phenoxy) is 1. The summed E-state index contributed by atoms with van der Waals surface area (Å²) in [6.45, 7) is 12.1. The molecule has 2 aliphatic rings. The molecule has 1 aromatic rings. The summed E-state index contributed by atoms with van der Waals surface area (Å²) in [5.41, 5.74) is 2.95. The number of carbonyl (C=O) groups is 3. The lowest BCUT2D eigenvalue weighted by atomic mass is 9.93. The monoisotopic (exact) mass is 471 g/mol. The minimum absolute atomic E-state index is 0.00515. The highest BCUT2D eigenvalue weighted by Crippen LogP contribution is 2.32. The Kier molecular flexibility index (Phi) is 8.19. The topological polar surface area (TPSA) is 94.2 Å². The summed E-state index contributed by atoms with van der Waals surface area (Å²) in [5, 5.41) is 5.92. The fourth-order valence-electron chi connectivity index (χ4n) is 4.52. The molecule has 9 heteroatoms. The van der Waals surface area contributed by atoms with E-state index >= 15 is 0 Å². The number of benzene rings is 1. The van der Waals surface area contributed by atoms with Crippen molar-refractivity contribution in [1.29, 1.82) is 0 Å². The van der Waals surface area contributed by atoms with E-state index in [9.17, 15) is 14.4 Å². The van der Waals surface area contributed by atoms with Crippen LogP contribution in [0.3, 0.4) is 0 Å². The lowest BCUT2D eigenvalue weighted by Crippen LogP contribution is -2.58. The zero-order valence-corrected chi connectivity index (χ0v) is 21.1. The minimum Gasteiger partial charge on any atom is -0.463 e. The normalized spacial score (nSPS) is 21.6. The van der Waals surface area contributed by atoms with Gasteiger partial charge >= 0.3 is 18.0 Å². The summed E-state index contributed by atoms with van der Waals surface area (Å²) in [7, 11) is 1.67. The lowest BCUT2D eigenvalue weighted by Gasteiger charge is -2.42. The van der Waals surface area contributed by atoms with Crippen molar-refractivity contribution < 1.29 is 19.1 Å². The van der Waals surface area contributed by atoms with Crippen LogP contribution < -0.4 is 10.6 Å². The number of piperazine rings is 1. The standard InChI is InChI=1S/C25H37N5O4/c1-7-34-23(31)21-20(15-29-11-12-30(18(5)14-29)25(33)26-16(2)3)28(6)24(32)27-22(21)19-10-8-9-17(4)13-19/h8-10,13,16,18,22H,7,11-12,14-15H2,1-6H3,(H,26,33)(H,27,32)/t18-,22+/m0/s1. The van der Waals surface area contributed by atoms with Crippen molar-refractivity contribution in [3.05, 3.63) is 46.7 Å². The maximum Gasteiger partial charge on any atom is 0.338 e. The molecular formula is C25H37N5O4. The number of nitrogens with one attached hydrogen (secondary N) is 2. The second-order valence-electron chi connectivity index (χ2n) is 9.32. The summed E-state index contributed by atoms with van der Waals surface area (Å²) in [5.74, 6) is -0.432. The summed E-state index contributed by atoms with van der Waals surface area (Å²) in [6, 6.07) is 6.92. The zero-order chi connectivity index (χ0) is 25.0. The van der Waals surface area contributed by atoms with Gasteiger partial charge in [-0.1, -0.05) is 29.8 Å². The molecule has 4 amide bonds. The van der Waals surface area contributed by atoms with Gasteiger partial charge in [0.25, 0.3) is 0 Å². The van der Waals surface area contributed by atoms with Gasteiger partial charge in [0, 0.05) is 51.0 Å². The molecule has 0 aliphatic carbocycles. The third-order valence-corrected chi connectivity index (χ3v) is 6.21. The molecule has 1 fully saturated rings. The highest BCUT2D eigenvalue weighted by Gasteiger charge is 2.38. The van der Waals surface area contributed by atoms with E-state index in [1.54, 1.807) is 14.0 Å². The van der Waals surface area contributed by atoms with Gasteiger partial charge < -0.3 is 20.3 Å². The molecule has 2 aliphatic heterocycles. The molecule has 0 aromatic heterocycles. The van der Waals surface area contributed by atoms with Gasteiger partial charge in [0.2, 0.25) is 0 Å². The van der Waals surface area contributed by atoms with Crippen LogP contribution >= 0.6 is 0 Å². The SMILES string of the molecule is CCOC(=O)C1=C(CN2CCN(C(=O)NC(C)C)[C@@H](C)C2)N(C)C(=O)N[C@@H]1c1cccc(C)c1. The van der Waals surface area contributed by atoms with E-state index in [0.29, 0.717) is 37.4 Å². The van der Waals surface area contributed by atoms with Crippen molar-refractivity contribution >= 4 is 18.0 Å². The fraction of sp³-hybridized carbons (Fsp3) is 0.560. The van der Waals surface area contributed by atoms with Gasteiger partial charge in [0.1, 0.15) is 0 Å². The van der Waals surface area contributed by atoms with E-state index in [1.807, 2.05) is 56.9 Å². The summed E-state index contributed by atoms with van der Waals surface area (Å²) in [6.07, 6.45) is 0. The van der Waals surface area contributed by atoms with Crippen LogP contribution in [0.15, 0.2) is 35.5 Å². The van der Waals surface area contributed by atoms with Crippen LogP contribution in [0.4, 0.5) is 9.59 Å². The molecule has 34 heavy (non-hydrogen) atoms. The van der Waals surface area contributed by atoms with Crippen LogP contribution in [-0.4, -0.2) is 84.6 Å². The Bertz CT molecular complexity index is 960. The van der Waals surface area contributed by atoms with E-state index in [0.717, 1.165) is 11.1 Å². The predicted octanol–water partition coefficient (Wildman–Crippen LogP) is 2.63. The average molecular weight is 472 g/mol. The number of carbonyl (C=O) groups excluding carboxylic acids is 3. The van der Waals surface area contributed by atoms with E-state index < -0.39 is 12.0 Å². The summed E-state index contributed by atoms with van der Waals surface area (Å²) >= 11 is 0. The van der Waals surface area contributed by atoms with Crippen LogP contribution in [0, 0.1) is 6.92 Å². The molecule has 1 aromatic carbocycles. The number of rotatable bonds is 6. The number of hydrogen-bond acceptors (Lipinski definition) is 5. The largest absolute Gasteiger partial charge is 0.463 e. The quantitative estimate of drug-likeness (QED) is 0.622. The van der Waals surface area contributed by atoms with Gasteiger partial charge in [-0.2, -0.15) is 0 Å². The van der Waals surface area contributed by atoms with Crippen molar-refractivity contribution in [2.24, 2.45) is 0 Å². The van der Waals surface area contributed by atoms with Crippen LogP contribution in [0.25, 0.3) is 0 Å². The number of aryl methyl sites for hydroxylation is 1. The Labute approximate surface area is 202 Å². The first-order valence-electron chi connectivity index (χ1n) is 11.9. The zero-order valence-electron chi connectivity index (χ0n) is 21.1. The number of esters is 1. The molecule has 0 radical (unpaired) electrons. The molecule has 1 saturated heterocycles. The van der Waals surface area contributed by atoms with Crippen LogP contribution in [0.5, 0.6) is 0 Å². The van der Waals surface area contributed by atoms with E-state index in [-0.39, 0.29) is 30.8 Å². The molecule has 186 valence electrons. The van der Waals surface area contributed by atoms with Gasteiger partial charge in [-0.25, -0.2) is 14.4 Å². The third-order valence-electron chi connectivity index (χ3n) is 6.21. The molecule has 2 heterocycles. The molecule has 0 unspecified atom stereocenters. The Morgan fingerprint density at radius 2 is 2.00 bits per heavy atom. The Morgan fingerprint density at radius 1 is 1.26 bits per heavy atom. The van der Waals surface area contributed by atoms with Crippen molar-refractivity contribution in [3.8, 4) is 0 Å². The minimum atomic E-state index is -0.590. The first kappa shape index (κ1) is 25.6. The first-order valence-corrected chi connectivity index (χ1v) is 11.9. The summed E-state index contributed by atoms with van der Waals surface area (Å²) < 4.78 is 5.42. The molecule has 2 N–H and O–H groups in total.